The molecule has 0 aliphatic heterocycles. The molecule has 1 aromatic carbocycles. The van der Waals surface area contributed by atoms with Gasteiger partial charge in [0.25, 0.3) is 0 Å². The zero-order valence-electron chi connectivity index (χ0n) is 8.77. The van der Waals surface area contributed by atoms with Crippen LogP contribution >= 0.6 is 11.8 Å². The van der Waals surface area contributed by atoms with Gasteiger partial charge in [-0.25, -0.2) is 0 Å². The van der Waals surface area contributed by atoms with Crippen LogP contribution in [0.15, 0.2) is 23.1 Å². The van der Waals surface area contributed by atoms with Crippen LogP contribution in [0.1, 0.15) is 13.8 Å². The van der Waals surface area contributed by atoms with Crippen molar-refractivity contribution in [1.82, 2.24) is 0 Å². The van der Waals surface area contributed by atoms with Crippen LogP contribution in [-0.2, 0) is 0 Å². The monoisotopic (exact) mass is 226 g/mol. The molecule has 0 aliphatic rings. The Bertz CT molecular complexity index is 366. The molecule has 82 valence electrons. The summed E-state index contributed by atoms with van der Waals surface area (Å²) in [5.74, 6) is 1.35. The molecule has 0 aliphatic carbocycles. The van der Waals surface area contributed by atoms with Crippen LogP contribution < -0.4 is 5.73 Å². The SMILES string of the molecule is CC(C)CSc1cccc(N)c1[N+](=O)[O-]. The third-order valence-corrected chi connectivity index (χ3v) is 3.26. The van der Waals surface area contributed by atoms with Gasteiger partial charge >= 0.3 is 5.69 Å². The van der Waals surface area contributed by atoms with E-state index >= 15 is 0 Å². The van der Waals surface area contributed by atoms with Gasteiger partial charge in [0.2, 0.25) is 0 Å². The van der Waals surface area contributed by atoms with Crippen molar-refractivity contribution >= 4 is 23.1 Å². The Morgan fingerprint density at radius 3 is 2.73 bits per heavy atom. The zero-order valence-corrected chi connectivity index (χ0v) is 9.58. The van der Waals surface area contributed by atoms with Crippen molar-refractivity contribution in [2.24, 2.45) is 5.92 Å². The first-order chi connectivity index (χ1) is 7.02. The van der Waals surface area contributed by atoms with E-state index in [4.69, 9.17) is 5.73 Å². The molecule has 0 fully saturated rings. The van der Waals surface area contributed by atoms with Crippen molar-refractivity contribution in [2.45, 2.75) is 18.7 Å². The lowest BCUT2D eigenvalue weighted by Gasteiger charge is -2.06. The highest BCUT2D eigenvalue weighted by molar-refractivity contribution is 7.99. The van der Waals surface area contributed by atoms with Crippen LogP contribution in [0.25, 0.3) is 0 Å². The predicted molar refractivity (Wildman–Crippen MR) is 63.1 cm³/mol. The first-order valence-electron chi connectivity index (χ1n) is 4.68. The number of rotatable bonds is 4. The summed E-state index contributed by atoms with van der Waals surface area (Å²) < 4.78 is 0. The fourth-order valence-corrected chi connectivity index (χ4v) is 2.12. The van der Waals surface area contributed by atoms with E-state index < -0.39 is 4.92 Å². The number of nitro benzene ring substituents is 1. The Hall–Kier alpha value is -1.23. The van der Waals surface area contributed by atoms with Gasteiger partial charge < -0.3 is 5.73 Å². The second kappa shape index (κ2) is 5.02. The van der Waals surface area contributed by atoms with Crippen molar-refractivity contribution in [3.63, 3.8) is 0 Å². The largest absolute Gasteiger partial charge is 0.393 e. The molecular weight excluding hydrogens is 212 g/mol. The van der Waals surface area contributed by atoms with E-state index in [0.29, 0.717) is 10.8 Å². The highest BCUT2D eigenvalue weighted by Crippen LogP contribution is 2.34. The third-order valence-electron chi connectivity index (χ3n) is 1.78. The van der Waals surface area contributed by atoms with Gasteiger partial charge in [0.1, 0.15) is 5.69 Å². The minimum absolute atomic E-state index is 0.0307. The van der Waals surface area contributed by atoms with E-state index in [0.717, 1.165) is 5.75 Å². The number of hydrogen-bond acceptors (Lipinski definition) is 4. The first kappa shape index (κ1) is 11.8. The van der Waals surface area contributed by atoms with Crippen LogP contribution in [0.2, 0.25) is 0 Å². The Morgan fingerprint density at radius 1 is 1.53 bits per heavy atom. The van der Waals surface area contributed by atoms with E-state index in [1.807, 2.05) is 0 Å². The molecule has 0 amide bonds. The molecule has 0 saturated heterocycles. The average molecular weight is 226 g/mol. The van der Waals surface area contributed by atoms with Crippen molar-refractivity contribution in [2.75, 3.05) is 11.5 Å². The zero-order chi connectivity index (χ0) is 11.4. The number of nitrogen functional groups attached to an aromatic ring is 1. The van der Waals surface area contributed by atoms with Crippen LogP contribution in [0.4, 0.5) is 11.4 Å². The molecule has 2 N–H and O–H groups in total. The van der Waals surface area contributed by atoms with Gasteiger partial charge in [0.05, 0.1) is 9.82 Å². The molecule has 0 radical (unpaired) electrons. The second-order valence-electron chi connectivity index (χ2n) is 3.66. The Morgan fingerprint density at radius 2 is 2.20 bits per heavy atom. The standard InChI is InChI=1S/C10H14N2O2S/c1-7(2)6-15-9-5-3-4-8(11)10(9)12(13)14/h3-5,7H,6,11H2,1-2H3. The molecule has 5 heteroatoms. The molecule has 0 saturated carbocycles. The maximum atomic E-state index is 10.8. The second-order valence-corrected chi connectivity index (χ2v) is 4.72. The smallest absolute Gasteiger partial charge is 0.305 e. The number of nitrogens with zero attached hydrogens (tertiary/aromatic N) is 1. The molecule has 0 spiro atoms. The summed E-state index contributed by atoms with van der Waals surface area (Å²) in [5.41, 5.74) is 5.83. The van der Waals surface area contributed by atoms with E-state index in [1.54, 1.807) is 18.2 Å². The lowest BCUT2D eigenvalue weighted by atomic mass is 10.3. The number of para-hydroxylation sites is 1. The van der Waals surface area contributed by atoms with Gasteiger partial charge in [0, 0.05) is 5.75 Å². The van der Waals surface area contributed by atoms with Crippen LogP contribution in [-0.4, -0.2) is 10.7 Å². The van der Waals surface area contributed by atoms with Crippen molar-refractivity contribution in [3.8, 4) is 0 Å². The molecule has 0 unspecified atom stereocenters. The number of hydrogen-bond donors (Lipinski definition) is 1. The Balaban J connectivity index is 2.96. The molecule has 1 rings (SSSR count). The Kier molecular flexibility index (Phi) is 3.96. The molecule has 0 aromatic heterocycles. The van der Waals surface area contributed by atoms with Gasteiger partial charge in [-0.3, -0.25) is 10.1 Å². The summed E-state index contributed by atoms with van der Waals surface area (Å²) in [6, 6.07) is 5.03. The number of thioether (sulfide) groups is 1. The summed E-state index contributed by atoms with van der Waals surface area (Å²) in [4.78, 5) is 11.0. The minimum Gasteiger partial charge on any atom is -0.393 e. The molecular formula is C10H14N2O2S. The molecule has 4 nitrogen and oxygen atoms in total. The van der Waals surface area contributed by atoms with Crippen molar-refractivity contribution in [1.29, 1.82) is 0 Å². The average Bonchev–Trinajstić information content (AvgIpc) is 2.13. The maximum Gasteiger partial charge on any atom is 0.305 e. The van der Waals surface area contributed by atoms with Gasteiger partial charge in [0.15, 0.2) is 0 Å². The molecule has 15 heavy (non-hydrogen) atoms. The van der Waals surface area contributed by atoms with Crippen LogP contribution in [0, 0.1) is 16.0 Å². The highest BCUT2D eigenvalue weighted by atomic mass is 32.2. The highest BCUT2D eigenvalue weighted by Gasteiger charge is 2.17. The lowest BCUT2D eigenvalue weighted by molar-refractivity contribution is -0.386. The van der Waals surface area contributed by atoms with Gasteiger partial charge in [-0.1, -0.05) is 19.9 Å². The quantitative estimate of drug-likeness (QED) is 0.371. The fourth-order valence-electron chi connectivity index (χ4n) is 1.11. The molecule has 1 aromatic rings. The number of nitrogens with two attached hydrogens (primary N) is 1. The normalized spacial score (nSPS) is 10.6. The molecule has 0 atom stereocenters. The van der Waals surface area contributed by atoms with E-state index in [9.17, 15) is 10.1 Å². The van der Waals surface area contributed by atoms with Crippen molar-refractivity contribution < 1.29 is 4.92 Å². The van der Waals surface area contributed by atoms with Crippen LogP contribution in [0.3, 0.4) is 0 Å². The Labute approximate surface area is 93.0 Å². The lowest BCUT2D eigenvalue weighted by Crippen LogP contribution is -1.98. The van der Waals surface area contributed by atoms with Gasteiger partial charge in [-0.2, -0.15) is 0 Å². The van der Waals surface area contributed by atoms with E-state index in [-0.39, 0.29) is 11.4 Å². The summed E-state index contributed by atoms with van der Waals surface area (Å²) in [5, 5.41) is 10.8. The van der Waals surface area contributed by atoms with Gasteiger partial charge in [-0.15, -0.1) is 11.8 Å². The van der Waals surface area contributed by atoms with E-state index in [2.05, 4.69) is 13.8 Å². The molecule has 0 bridgehead atoms. The van der Waals surface area contributed by atoms with Crippen molar-refractivity contribution in [3.05, 3.63) is 28.3 Å². The maximum absolute atomic E-state index is 10.8. The number of nitro groups is 1. The fraction of sp³-hybridized carbons (Fsp3) is 0.400. The summed E-state index contributed by atoms with van der Waals surface area (Å²) >= 11 is 1.48. The summed E-state index contributed by atoms with van der Waals surface area (Å²) in [6.07, 6.45) is 0. The predicted octanol–water partition coefficient (Wildman–Crippen LogP) is 2.93. The minimum atomic E-state index is -0.419. The van der Waals surface area contributed by atoms with Gasteiger partial charge in [-0.05, 0) is 18.1 Å². The van der Waals surface area contributed by atoms with E-state index in [1.165, 1.54) is 11.8 Å². The number of anilines is 1. The first-order valence-corrected chi connectivity index (χ1v) is 5.66. The van der Waals surface area contributed by atoms with Crippen LogP contribution in [0.5, 0.6) is 0 Å². The summed E-state index contributed by atoms with van der Waals surface area (Å²) in [7, 11) is 0. The number of benzene rings is 1. The topological polar surface area (TPSA) is 69.2 Å². The summed E-state index contributed by atoms with van der Waals surface area (Å²) in [6.45, 7) is 4.15. The molecule has 0 heterocycles. The third kappa shape index (κ3) is 3.13.